The number of benzene rings is 1. The maximum atomic E-state index is 13.2. The van der Waals surface area contributed by atoms with Gasteiger partial charge in [-0.15, -0.1) is 0 Å². The van der Waals surface area contributed by atoms with Crippen LogP contribution < -0.4 is 5.32 Å². The lowest BCUT2D eigenvalue weighted by Crippen LogP contribution is -2.20. The summed E-state index contributed by atoms with van der Waals surface area (Å²) in [5.41, 5.74) is 0.0999. The molecule has 1 aromatic heterocycles. The van der Waals surface area contributed by atoms with E-state index in [-0.39, 0.29) is 11.3 Å². The van der Waals surface area contributed by atoms with Crippen LogP contribution in [0.25, 0.3) is 0 Å². The number of hydrogen-bond donors (Lipinski definition) is 1. The summed E-state index contributed by atoms with van der Waals surface area (Å²) in [5, 5.41) is 2.41. The molecular formula is C12H10FN3O3. The summed E-state index contributed by atoms with van der Waals surface area (Å²) in [6, 6.07) is 2.83. The van der Waals surface area contributed by atoms with Crippen LogP contribution in [0.1, 0.15) is 10.4 Å². The van der Waals surface area contributed by atoms with Crippen LogP contribution >= 0.6 is 0 Å². The Kier molecular flexibility index (Phi) is 3.56. The number of nitrogens with one attached hydrogen (secondary N) is 1. The fraction of sp³-hybridized carbons (Fsp3) is 0.0833. The molecule has 0 aliphatic rings. The Labute approximate surface area is 107 Å². The van der Waals surface area contributed by atoms with Crippen molar-refractivity contribution in [3.05, 3.63) is 48.3 Å². The van der Waals surface area contributed by atoms with E-state index in [0.29, 0.717) is 0 Å². The first-order chi connectivity index (χ1) is 9.11. The van der Waals surface area contributed by atoms with Crippen molar-refractivity contribution in [2.75, 3.05) is 12.4 Å². The van der Waals surface area contributed by atoms with E-state index in [1.807, 2.05) is 0 Å². The van der Waals surface area contributed by atoms with Crippen molar-refractivity contribution < 1.29 is 18.7 Å². The van der Waals surface area contributed by atoms with E-state index in [4.69, 9.17) is 0 Å². The average molecular weight is 263 g/mol. The lowest BCUT2D eigenvalue weighted by atomic mass is 10.1. The van der Waals surface area contributed by atoms with Crippen molar-refractivity contribution in [3.63, 3.8) is 0 Å². The monoisotopic (exact) mass is 263 g/mol. The first-order valence-electron chi connectivity index (χ1n) is 5.29. The fourth-order valence-electron chi connectivity index (χ4n) is 1.47. The predicted molar refractivity (Wildman–Crippen MR) is 64.4 cm³/mol. The van der Waals surface area contributed by atoms with Gasteiger partial charge in [0.1, 0.15) is 12.1 Å². The number of nitrogens with zero attached hydrogens (tertiary/aromatic N) is 2. The molecule has 0 bridgehead atoms. The molecule has 0 aliphatic heterocycles. The summed E-state index contributed by atoms with van der Waals surface area (Å²) in [5.74, 6) is -1.24. The highest BCUT2D eigenvalue weighted by molar-refractivity contribution is 6.01. The van der Waals surface area contributed by atoms with Gasteiger partial charge in [-0.05, 0) is 18.2 Å². The first kappa shape index (κ1) is 12.7. The van der Waals surface area contributed by atoms with Gasteiger partial charge in [-0.2, -0.15) is 0 Å². The highest BCUT2D eigenvalue weighted by Gasteiger charge is 2.15. The minimum Gasteiger partial charge on any atom is -0.465 e. The molecule has 7 heteroatoms. The number of esters is 1. The molecular weight excluding hydrogens is 253 g/mol. The van der Waals surface area contributed by atoms with Crippen molar-refractivity contribution >= 4 is 17.7 Å². The number of methoxy groups -OCH3 is 1. The predicted octanol–water partition coefficient (Wildman–Crippen LogP) is 1.89. The Morgan fingerprint density at radius 1 is 1.42 bits per heavy atom. The van der Waals surface area contributed by atoms with E-state index in [1.165, 1.54) is 31.9 Å². The summed E-state index contributed by atoms with van der Waals surface area (Å²) in [7, 11) is 1.20. The molecule has 98 valence electrons. The number of aromatic nitrogens is 2. The van der Waals surface area contributed by atoms with Crippen LogP contribution in [0.5, 0.6) is 0 Å². The number of amides is 1. The molecule has 1 aromatic carbocycles. The fourth-order valence-corrected chi connectivity index (χ4v) is 1.47. The molecule has 2 aromatic rings. The van der Waals surface area contributed by atoms with Gasteiger partial charge in [-0.1, -0.05) is 0 Å². The highest BCUT2D eigenvalue weighted by Crippen LogP contribution is 2.18. The van der Waals surface area contributed by atoms with Crippen molar-refractivity contribution in [2.45, 2.75) is 0 Å². The summed E-state index contributed by atoms with van der Waals surface area (Å²) in [6.07, 6.45) is 4.13. The quantitative estimate of drug-likeness (QED) is 0.840. The average Bonchev–Trinajstić information content (AvgIpc) is 2.92. The third kappa shape index (κ3) is 2.76. The van der Waals surface area contributed by atoms with Gasteiger partial charge in [0.2, 0.25) is 0 Å². The SMILES string of the molecule is COC(=O)c1ccc(F)cc1NC(=O)n1ccnc1. The van der Waals surface area contributed by atoms with Gasteiger partial charge >= 0.3 is 12.0 Å². The van der Waals surface area contributed by atoms with E-state index in [0.717, 1.165) is 16.7 Å². The number of rotatable bonds is 2. The molecule has 0 aliphatic carbocycles. The topological polar surface area (TPSA) is 73.2 Å². The molecule has 0 atom stereocenters. The molecule has 19 heavy (non-hydrogen) atoms. The zero-order valence-corrected chi connectivity index (χ0v) is 9.96. The Balaban J connectivity index is 2.31. The second-order valence-electron chi connectivity index (χ2n) is 3.58. The molecule has 1 heterocycles. The zero-order chi connectivity index (χ0) is 13.8. The molecule has 1 amide bonds. The Hall–Kier alpha value is -2.70. The van der Waals surface area contributed by atoms with E-state index in [2.05, 4.69) is 15.0 Å². The summed E-state index contributed by atoms with van der Waals surface area (Å²) >= 11 is 0. The molecule has 2 rings (SSSR count). The summed E-state index contributed by atoms with van der Waals surface area (Å²) in [4.78, 5) is 27.0. The number of carbonyl (C=O) groups excluding carboxylic acids is 2. The van der Waals surface area contributed by atoms with Crippen LogP contribution in [-0.2, 0) is 4.74 Å². The molecule has 0 unspecified atom stereocenters. The largest absolute Gasteiger partial charge is 0.465 e. The molecule has 1 N–H and O–H groups in total. The molecule has 0 saturated heterocycles. The Bertz CT molecular complexity index is 611. The number of imidazole rings is 1. The van der Waals surface area contributed by atoms with Gasteiger partial charge in [-0.25, -0.2) is 19.0 Å². The third-order valence-corrected chi connectivity index (χ3v) is 2.37. The van der Waals surface area contributed by atoms with Gasteiger partial charge in [0.15, 0.2) is 0 Å². The highest BCUT2D eigenvalue weighted by atomic mass is 19.1. The van der Waals surface area contributed by atoms with Crippen molar-refractivity contribution in [1.82, 2.24) is 9.55 Å². The van der Waals surface area contributed by atoms with Crippen LogP contribution in [0.3, 0.4) is 0 Å². The minimum absolute atomic E-state index is 0.0329. The molecule has 0 saturated carbocycles. The van der Waals surface area contributed by atoms with Crippen LogP contribution in [0.2, 0.25) is 0 Å². The lowest BCUT2D eigenvalue weighted by molar-refractivity contribution is 0.0602. The molecule has 0 fully saturated rings. The van der Waals surface area contributed by atoms with E-state index in [1.54, 1.807) is 0 Å². The minimum atomic E-state index is -0.666. The van der Waals surface area contributed by atoms with Gasteiger partial charge in [-0.3, -0.25) is 4.57 Å². The summed E-state index contributed by atoms with van der Waals surface area (Å²) in [6.45, 7) is 0. The van der Waals surface area contributed by atoms with Gasteiger partial charge in [0.05, 0.1) is 18.4 Å². The summed E-state index contributed by atoms with van der Waals surface area (Å²) < 4.78 is 18.9. The number of anilines is 1. The van der Waals surface area contributed by atoms with Gasteiger partial charge in [0, 0.05) is 12.4 Å². The molecule has 0 radical (unpaired) electrons. The van der Waals surface area contributed by atoms with Crippen LogP contribution in [0.4, 0.5) is 14.9 Å². The zero-order valence-electron chi connectivity index (χ0n) is 9.96. The lowest BCUT2D eigenvalue weighted by Gasteiger charge is -2.09. The third-order valence-electron chi connectivity index (χ3n) is 2.37. The van der Waals surface area contributed by atoms with Gasteiger partial charge < -0.3 is 10.1 Å². The Morgan fingerprint density at radius 2 is 2.21 bits per heavy atom. The van der Waals surface area contributed by atoms with E-state index >= 15 is 0 Å². The number of halogens is 1. The van der Waals surface area contributed by atoms with Crippen molar-refractivity contribution in [1.29, 1.82) is 0 Å². The van der Waals surface area contributed by atoms with Gasteiger partial charge in [0.25, 0.3) is 0 Å². The number of ether oxygens (including phenoxy) is 1. The van der Waals surface area contributed by atoms with Crippen LogP contribution in [-0.4, -0.2) is 28.7 Å². The molecule has 6 nitrogen and oxygen atoms in total. The first-order valence-corrected chi connectivity index (χ1v) is 5.29. The number of hydrogen-bond acceptors (Lipinski definition) is 4. The maximum absolute atomic E-state index is 13.2. The van der Waals surface area contributed by atoms with Crippen LogP contribution in [0, 0.1) is 5.82 Å². The smallest absolute Gasteiger partial charge is 0.339 e. The Morgan fingerprint density at radius 3 is 2.84 bits per heavy atom. The molecule has 0 spiro atoms. The van der Waals surface area contributed by atoms with Crippen molar-refractivity contribution in [2.24, 2.45) is 0 Å². The normalized spacial score (nSPS) is 10.0. The maximum Gasteiger partial charge on any atom is 0.339 e. The van der Waals surface area contributed by atoms with E-state index in [9.17, 15) is 14.0 Å². The number of carbonyl (C=O) groups is 2. The van der Waals surface area contributed by atoms with Crippen molar-refractivity contribution in [3.8, 4) is 0 Å². The standard InChI is InChI=1S/C12H10FN3O3/c1-19-11(17)9-3-2-8(13)6-10(9)15-12(18)16-5-4-14-7-16/h2-7H,1H3,(H,15,18). The second kappa shape index (κ2) is 5.30. The second-order valence-corrected chi connectivity index (χ2v) is 3.58. The van der Waals surface area contributed by atoms with Crippen LogP contribution in [0.15, 0.2) is 36.9 Å². The van der Waals surface area contributed by atoms with E-state index < -0.39 is 17.8 Å².